The van der Waals surface area contributed by atoms with Crippen molar-refractivity contribution in [1.82, 2.24) is 4.98 Å². The van der Waals surface area contributed by atoms with E-state index in [-0.39, 0.29) is 30.7 Å². The molecule has 25 heavy (non-hydrogen) atoms. The number of aromatic nitrogens is 1. The molecule has 2 heterocycles. The second kappa shape index (κ2) is 6.82. The maximum atomic E-state index is 13.4. The number of hydrogen-bond acceptors (Lipinski definition) is 4. The molecule has 1 aromatic heterocycles. The van der Waals surface area contributed by atoms with E-state index in [0.717, 1.165) is 21.8 Å². The summed E-state index contributed by atoms with van der Waals surface area (Å²) in [5, 5.41) is 5.56. The van der Waals surface area contributed by atoms with Gasteiger partial charge in [-0.25, -0.2) is 9.37 Å². The summed E-state index contributed by atoms with van der Waals surface area (Å²) in [5.41, 5.74) is 3.83. The molecule has 1 aliphatic rings. The van der Waals surface area contributed by atoms with Crippen LogP contribution in [0.2, 0.25) is 0 Å². The van der Waals surface area contributed by atoms with Crippen molar-refractivity contribution in [2.75, 3.05) is 11.9 Å². The fraction of sp³-hybridized carbons (Fsp3) is 0.111. The number of ether oxygens (including phenoxy) is 1. The van der Waals surface area contributed by atoms with Gasteiger partial charge in [0.2, 0.25) is 0 Å². The zero-order valence-corrected chi connectivity index (χ0v) is 14.8. The van der Waals surface area contributed by atoms with E-state index >= 15 is 0 Å². The summed E-state index contributed by atoms with van der Waals surface area (Å²) in [6, 6.07) is 10.6. The van der Waals surface area contributed by atoms with Crippen molar-refractivity contribution >= 4 is 35.3 Å². The van der Waals surface area contributed by atoms with E-state index in [9.17, 15) is 9.18 Å². The highest BCUT2D eigenvalue weighted by Crippen LogP contribution is 2.35. The second-order valence-corrected chi connectivity index (χ2v) is 6.41. The molecule has 0 radical (unpaired) electrons. The zero-order chi connectivity index (χ0) is 16.7. The van der Waals surface area contributed by atoms with Gasteiger partial charge in [0, 0.05) is 16.5 Å². The van der Waals surface area contributed by atoms with E-state index in [1.54, 1.807) is 19.1 Å². The summed E-state index contributed by atoms with van der Waals surface area (Å²) in [6.07, 6.45) is 0. The third-order valence-corrected chi connectivity index (χ3v) is 4.71. The Labute approximate surface area is 154 Å². The molecular weight excluding hydrogens is 363 g/mol. The van der Waals surface area contributed by atoms with Crippen LogP contribution in [0.3, 0.4) is 0 Å². The van der Waals surface area contributed by atoms with Crippen molar-refractivity contribution in [3.05, 3.63) is 53.2 Å². The lowest BCUT2D eigenvalue weighted by Gasteiger charge is -2.18. The van der Waals surface area contributed by atoms with Crippen LogP contribution in [0.25, 0.3) is 21.8 Å². The number of carbonyl (C=O) groups excluding carboxylic acids is 1. The normalized spacial score (nSPS) is 12.6. The Kier molecular flexibility index (Phi) is 4.74. The summed E-state index contributed by atoms with van der Waals surface area (Å²) in [4.78, 5) is 16.1. The van der Waals surface area contributed by atoms with Gasteiger partial charge in [0.1, 0.15) is 16.6 Å². The molecular formula is C18H14ClFN2O2S. The number of aryl methyl sites for hydroxylation is 1. The first-order valence-corrected chi connectivity index (χ1v) is 8.27. The summed E-state index contributed by atoms with van der Waals surface area (Å²) in [5.74, 6) is 0.268. The lowest BCUT2D eigenvalue weighted by molar-refractivity contribution is -0.118. The third kappa shape index (κ3) is 3.36. The van der Waals surface area contributed by atoms with Crippen LogP contribution in [-0.4, -0.2) is 17.5 Å². The Morgan fingerprint density at radius 3 is 2.80 bits per heavy atom. The van der Waals surface area contributed by atoms with Crippen LogP contribution in [0.1, 0.15) is 5.56 Å². The molecule has 0 saturated heterocycles. The number of rotatable bonds is 2. The molecule has 7 heteroatoms. The largest absolute Gasteiger partial charge is 0.482 e. The number of carbonyl (C=O) groups is 1. The van der Waals surface area contributed by atoms with Gasteiger partial charge in [-0.15, -0.1) is 23.7 Å². The van der Waals surface area contributed by atoms with Crippen LogP contribution >= 0.6 is 23.7 Å². The molecule has 1 N–H and O–H groups in total. The summed E-state index contributed by atoms with van der Waals surface area (Å²) in [7, 11) is 0. The van der Waals surface area contributed by atoms with Crippen LogP contribution in [-0.2, 0) is 4.79 Å². The molecule has 4 nitrogen and oxygen atoms in total. The topological polar surface area (TPSA) is 51.2 Å². The number of thiazole rings is 1. The van der Waals surface area contributed by atoms with E-state index in [0.29, 0.717) is 17.0 Å². The monoisotopic (exact) mass is 376 g/mol. The molecule has 0 bridgehead atoms. The molecule has 0 aliphatic carbocycles. The Hall–Kier alpha value is -2.44. The first kappa shape index (κ1) is 17.4. The average molecular weight is 377 g/mol. The SMILES string of the molecule is Cc1cc(-c2nc(-c3ccc4c(c3)NC(=O)CO4)cs2)ccc1F.Cl. The maximum Gasteiger partial charge on any atom is 0.262 e. The Morgan fingerprint density at radius 2 is 2.00 bits per heavy atom. The van der Waals surface area contributed by atoms with Gasteiger partial charge in [0.15, 0.2) is 6.61 Å². The van der Waals surface area contributed by atoms with Crippen molar-refractivity contribution in [3.8, 4) is 27.6 Å². The van der Waals surface area contributed by atoms with Crippen molar-refractivity contribution < 1.29 is 13.9 Å². The van der Waals surface area contributed by atoms with Gasteiger partial charge in [-0.05, 0) is 48.9 Å². The molecule has 3 aromatic rings. The summed E-state index contributed by atoms with van der Waals surface area (Å²) >= 11 is 1.50. The van der Waals surface area contributed by atoms with E-state index < -0.39 is 0 Å². The molecule has 0 spiro atoms. The number of nitrogens with one attached hydrogen (secondary N) is 1. The van der Waals surface area contributed by atoms with Crippen molar-refractivity contribution in [3.63, 3.8) is 0 Å². The third-order valence-electron chi connectivity index (χ3n) is 3.82. The van der Waals surface area contributed by atoms with Gasteiger partial charge in [-0.1, -0.05) is 0 Å². The van der Waals surface area contributed by atoms with Crippen molar-refractivity contribution in [1.29, 1.82) is 0 Å². The van der Waals surface area contributed by atoms with E-state index in [1.807, 2.05) is 23.6 Å². The summed E-state index contributed by atoms with van der Waals surface area (Å²) in [6.45, 7) is 1.77. The number of anilines is 1. The summed E-state index contributed by atoms with van der Waals surface area (Å²) < 4.78 is 18.8. The lowest BCUT2D eigenvalue weighted by Crippen LogP contribution is -2.25. The first-order valence-electron chi connectivity index (χ1n) is 7.39. The Morgan fingerprint density at radius 1 is 1.20 bits per heavy atom. The number of nitrogens with zero attached hydrogens (tertiary/aromatic N) is 1. The van der Waals surface area contributed by atoms with E-state index in [2.05, 4.69) is 10.3 Å². The molecule has 1 aliphatic heterocycles. The molecule has 128 valence electrons. The predicted molar refractivity (Wildman–Crippen MR) is 99.1 cm³/mol. The highest BCUT2D eigenvalue weighted by Gasteiger charge is 2.17. The van der Waals surface area contributed by atoms with Gasteiger partial charge in [0.05, 0.1) is 11.4 Å². The molecule has 0 saturated carbocycles. The minimum absolute atomic E-state index is 0. The molecule has 2 aromatic carbocycles. The van der Waals surface area contributed by atoms with Crippen LogP contribution in [0, 0.1) is 12.7 Å². The van der Waals surface area contributed by atoms with Crippen LogP contribution < -0.4 is 10.1 Å². The lowest BCUT2D eigenvalue weighted by atomic mass is 10.1. The molecule has 0 unspecified atom stereocenters. The van der Waals surface area contributed by atoms with Gasteiger partial charge in [-0.3, -0.25) is 4.79 Å². The van der Waals surface area contributed by atoms with Crippen LogP contribution in [0.15, 0.2) is 41.8 Å². The minimum atomic E-state index is -0.221. The molecule has 0 atom stereocenters. The smallest absolute Gasteiger partial charge is 0.262 e. The molecule has 4 rings (SSSR count). The second-order valence-electron chi connectivity index (χ2n) is 5.55. The number of benzene rings is 2. The average Bonchev–Trinajstić information content (AvgIpc) is 3.06. The van der Waals surface area contributed by atoms with Gasteiger partial charge in [0.25, 0.3) is 5.91 Å². The van der Waals surface area contributed by atoms with E-state index in [4.69, 9.17) is 4.74 Å². The van der Waals surface area contributed by atoms with Gasteiger partial charge >= 0.3 is 0 Å². The molecule has 0 fully saturated rings. The van der Waals surface area contributed by atoms with Crippen molar-refractivity contribution in [2.45, 2.75) is 6.92 Å². The highest BCUT2D eigenvalue weighted by molar-refractivity contribution is 7.13. The fourth-order valence-electron chi connectivity index (χ4n) is 2.56. The van der Waals surface area contributed by atoms with Crippen LogP contribution in [0.4, 0.5) is 10.1 Å². The standard InChI is InChI=1S/C18H13FN2O2S.ClH/c1-10-6-12(2-4-13(10)19)18-21-15(9-24-18)11-3-5-16-14(7-11)20-17(22)8-23-16;/h2-7,9H,8H2,1H3,(H,20,22);1H. The Bertz CT molecular complexity index is 958. The van der Waals surface area contributed by atoms with E-state index in [1.165, 1.54) is 17.4 Å². The quantitative estimate of drug-likeness (QED) is 0.706. The van der Waals surface area contributed by atoms with Crippen LogP contribution in [0.5, 0.6) is 5.75 Å². The van der Waals surface area contributed by atoms with Crippen molar-refractivity contribution in [2.24, 2.45) is 0 Å². The number of halogens is 2. The minimum Gasteiger partial charge on any atom is -0.482 e. The van der Waals surface area contributed by atoms with Gasteiger partial charge in [-0.2, -0.15) is 0 Å². The zero-order valence-electron chi connectivity index (χ0n) is 13.2. The number of fused-ring (bicyclic) bond motifs is 1. The Balaban J connectivity index is 0.00000182. The fourth-order valence-corrected chi connectivity index (χ4v) is 3.39. The first-order chi connectivity index (χ1) is 11.6. The predicted octanol–water partition coefficient (Wildman–Crippen LogP) is 4.68. The highest BCUT2D eigenvalue weighted by atomic mass is 35.5. The van der Waals surface area contributed by atoms with Gasteiger partial charge < -0.3 is 10.1 Å². The number of amides is 1. The maximum absolute atomic E-state index is 13.4. The molecule has 1 amide bonds. The number of hydrogen-bond donors (Lipinski definition) is 1.